The van der Waals surface area contributed by atoms with Gasteiger partial charge in [-0.2, -0.15) is 0 Å². The highest BCUT2D eigenvalue weighted by atomic mass is 32.2. The first-order valence-corrected chi connectivity index (χ1v) is 9.18. The fraction of sp³-hybridized carbons (Fsp3) is 0.467. The number of nitrogens with zero attached hydrogens (tertiary/aromatic N) is 1. The lowest BCUT2D eigenvalue weighted by atomic mass is 10.0. The first kappa shape index (κ1) is 17.4. The van der Waals surface area contributed by atoms with Crippen molar-refractivity contribution in [1.82, 2.24) is 9.62 Å². The van der Waals surface area contributed by atoms with Crippen LogP contribution in [0.3, 0.4) is 0 Å². The van der Waals surface area contributed by atoms with E-state index in [-0.39, 0.29) is 30.5 Å². The maximum atomic E-state index is 12.1. The van der Waals surface area contributed by atoms with Crippen molar-refractivity contribution in [2.24, 2.45) is 0 Å². The molecule has 1 amide bonds. The smallest absolute Gasteiger partial charge is 0.335 e. The number of nitrogens with one attached hydrogen (secondary N) is 1. The monoisotopic (exact) mass is 340 g/mol. The van der Waals surface area contributed by atoms with E-state index in [9.17, 15) is 18.0 Å². The molecule has 1 aromatic carbocycles. The van der Waals surface area contributed by atoms with Crippen LogP contribution < -0.4 is 5.32 Å². The quantitative estimate of drug-likeness (QED) is 0.811. The number of amides is 1. The maximum Gasteiger partial charge on any atom is 0.335 e. The molecule has 8 heteroatoms. The van der Waals surface area contributed by atoms with Crippen molar-refractivity contribution in [3.63, 3.8) is 0 Å². The van der Waals surface area contributed by atoms with Crippen molar-refractivity contribution in [2.45, 2.75) is 25.3 Å². The summed E-state index contributed by atoms with van der Waals surface area (Å²) in [5.74, 6) is -1.38. The van der Waals surface area contributed by atoms with Crippen LogP contribution in [-0.4, -0.2) is 55.1 Å². The fourth-order valence-electron chi connectivity index (χ4n) is 2.70. The Labute approximate surface area is 135 Å². The zero-order valence-electron chi connectivity index (χ0n) is 12.9. The van der Waals surface area contributed by atoms with Gasteiger partial charge in [0.25, 0.3) is 0 Å². The molecule has 1 aliphatic heterocycles. The highest BCUT2D eigenvalue weighted by Crippen LogP contribution is 2.14. The number of hydrogen-bond acceptors (Lipinski definition) is 4. The molecule has 2 rings (SSSR count). The second-order valence-corrected chi connectivity index (χ2v) is 7.65. The van der Waals surface area contributed by atoms with Crippen LogP contribution in [0.25, 0.3) is 0 Å². The number of carbonyl (C=O) groups excluding carboxylic acids is 1. The maximum absolute atomic E-state index is 12.1. The molecule has 1 unspecified atom stereocenters. The van der Waals surface area contributed by atoms with E-state index in [1.54, 1.807) is 18.2 Å². The number of aromatic carboxylic acids is 1. The summed E-state index contributed by atoms with van der Waals surface area (Å²) in [6, 6.07) is 6.10. The van der Waals surface area contributed by atoms with Gasteiger partial charge in [-0.15, -0.1) is 0 Å². The molecule has 1 saturated heterocycles. The third kappa shape index (κ3) is 4.77. The van der Waals surface area contributed by atoms with Gasteiger partial charge >= 0.3 is 5.97 Å². The molecule has 0 radical (unpaired) electrons. The van der Waals surface area contributed by atoms with E-state index < -0.39 is 16.0 Å². The number of rotatable bonds is 5. The van der Waals surface area contributed by atoms with Gasteiger partial charge in [0.1, 0.15) is 0 Å². The van der Waals surface area contributed by atoms with Crippen LogP contribution in [0.4, 0.5) is 0 Å². The van der Waals surface area contributed by atoms with Gasteiger partial charge in [0.15, 0.2) is 0 Å². The third-order valence-electron chi connectivity index (χ3n) is 3.82. The summed E-state index contributed by atoms with van der Waals surface area (Å²) in [7, 11) is -3.27. The van der Waals surface area contributed by atoms with Gasteiger partial charge in [-0.05, 0) is 24.5 Å². The van der Waals surface area contributed by atoms with Crippen LogP contribution in [0.15, 0.2) is 24.3 Å². The number of carbonyl (C=O) groups is 2. The normalized spacial score (nSPS) is 19.3. The highest BCUT2D eigenvalue weighted by Gasteiger charge is 2.27. The fourth-order valence-corrected chi connectivity index (χ4v) is 3.61. The molecule has 0 saturated carbocycles. The van der Waals surface area contributed by atoms with Crippen LogP contribution in [0.2, 0.25) is 0 Å². The van der Waals surface area contributed by atoms with Gasteiger partial charge in [-0.25, -0.2) is 17.5 Å². The SMILES string of the molecule is CS(=O)(=O)N1CCCC(NC(=O)Cc2ccccc2C(=O)O)C1. The predicted octanol–water partition coefficient (Wildman–Crippen LogP) is 0.468. The highest BCUT2D eigenvalue weighted by molar-refractivity contribution is 7.88. The Bertz CT molecular complexity index is 702. The number of carboxylic acids is 1. The molecule has 126 valence electrons. The van der Waals surface area contributed by atoms with Gasteiger partial charge in [0, 0.05) is 19.1 Å². The molecule has 0 bridgehead atoms. The molecule has 0 aromatic heterocycles. The number of benzene rings is 1. The molecule has 0 spiro atoms. The summed E-state index contributed by atoms with van der Waals surface area (Å²) >= 11 is 0. The Morgan fingerprint density at radius 2 is 2.04 bits per heavy atom. The Morgan fingerprint density at radius 3 is 2.70 bits per heavy atom. The lowest BCUT2D eigenvalue weighted by Gasteiger charge is -2.31. The lowest BCUT2D eigenvalue weighted by Crippen LogP contribution is -2.49. The minimum absolute atomic E-state index is 0.0438. The van der Waals surface area contributed by atoms with Crippen LogP contribution in [0.5, 0.6) is 0 Å². The van der Waals surface area contributed by atoms with E-state index >= 15 is 0 Å². The van der Waals surface area contributed by atoms with Crippen molar-refractivity contribution < 1.29 is 23.1 Å². The minimum atomic E-state index is -3.27. The Kier molecular flexibility index (Phi) is 5.38. The molecule has 7 nitrogen and oxygen atoms in total. The first-order valence-electron chi connectivity index (χ1n) is 7.33. The molecular weight excluding hydrogens is 320 g/mol. The second kappa shape index (κ2) is 7.10. The van der Waals surface area contributed by atoms with Crippen LogP contribution in [-0.2, 0) is 21.2 Å². The number of carboxylic acid groups (broad SMARTS) is 1. The number of piperidine rings is 1. The molecule has 23 heavy (non-hydrogen) atoms. The summed E-state index contributed by atoms with van der Waals surface area (Å²) in [4.78, 5) is 23.3. The molecule has 1 atom stereocenters. The van der Waals surface area contributed by atoms with Gasteiger partial charge < -0.3 is 10.4 Å². The standard InChI is InChI=1S/C15H20N2O5S/c1-23(21,22)17-8-4-6-12(10-17)16-14(18)9-11-5-2-3-7-13(11)15(19)20/h2-3,5,7,12H,4,6,8-10H2,1H3,(H,16,18)(H,19,20). The van der Waals surface area contributed by atoms with Crippen LogP contribution in [0, 0.1) is 0 Å². The molecule has 1 aromatic rings. The summed E-state index contributed by atoms with van der Waals surface area (Å²) in [6.45, 7) is 0.720. The van der Waals surface area contributed by atoms with Crippen molar-refractivity contribution in [1.29, 1.82) is 0 Å². The Hall–Kier alpha value is -1.93. The van der Waals surface area contributed by atoms with Gasteiger partial charge in [0.05, 0.1) is 18.2 Å². The summed E-state index contributed by atoms with van der Waals surface area (Å²) in [6.07, 6.45) is 2.50. The zero-order chi connectivity index (χ0) is 17.0. The third-order valence-corrected chi connectivity index (χ3v) is 5.09. The Morgan fingerprint density at radius 1 is 1.35 bits per heavy atom. The summed E-state index contributed by atoms with van der Waals surface area (Å²) in [5, 5.41) is 11.9. The predicted molar refractivity (Wildman–Crippen MR) is 84.7 cm³/mol. The van der Waals surface area contributed by atoms with E-state index in [1.165, 1.54) is 10.4 Å². The van der Waals surface area contributed by atoms with Crippen molar-refractivity contribution in [3.8, 4) is 0 Å². The van der Waals surface area contributed by atoms with Crippen molar-refractivity contribution in [3.05, 3.63) is 35.4 Å². The van der Waals surface area contributed by atoms with E-state index in [0.717, 1.165) is 6.26 Å². The van der Waals surface area contributed by atoms with E-state index in [0.29, 0.717) is 24.9 Å². The molecule has 0 aliphatic carbocycles. The number of hydrogen-bond donors (Lipinski definition) is 2. The molecule has 1 fully saturated rings. The van der Waals surface area contributed by atoms with Crippen molar-refractivity contribution >= 4 is 21.9 Å². The van der Waals surface area contributed by atoms with E-state index in [2.05, 4.69) is 5.32 Å². The average Bonchev–Trinajstić information content (AvgIpc) is 2.46. The molecule has 2 N–H and O–H groups in total. The summed E-state index contributed by atoms with van der Waals surface area (Å²) in [5.41, 5.74) is 0.539. The van der Waals surface area contributed by atoms with Crippen LogP contribution in [0.1, 0.15) is 28.8 Å². The first-order chi connectivity index (χ1) is 10.8. The average molecular weight is 340 g/mol. The molecule has 1 heterocycles. The molecular formula is C15H20N2O5S. The molecule has 1 aliphatic rings. The Balaban J connectivity index is 1.99. The van der Waals surface area contributed by atoms with E-state index in [1.807, 2.05) is 0 Å². The zero-order valence-corrected chi connectivity index (χ0v) is 13.7. The van der Waals surface area contributed by atoms with Gasteiger partial charge in [-0.3, -0.25) is 4.79 Å². The van der Waals surface area contributed by atoms with Gasteiger partial charge in [-0.1, -0.05) is 18.2 Å². The summed E-state index contributed by atoms with van der Waals surface area (Å²) < 4.78 is 24.5. The van der Waals surface area contributed by atoms with Crippen LogP contribution >= 0.6 is 0 Å². The van der Waals surface area contributed by atoms with Crippen molar-refractivity contribution in [2.75, 3.05) is 19.3 Å². The van der Waals surface area contributed by atoms with Gasteiger partial charge in [0.2, 0.25) is 15.9 Å². The number of sulfonamides is 1. The lowest BCUT2D eigenvalue weighted by molar-refractivity contribution is -0.121. The van der Waals surface area contributed by atoms with E-state index in [4.69, 9.17) is 5.11 Å². The largest absolute Gasteiger partial charge is 0.478 e. The topological polar surface area (TPSA) is 104 Å². The minimum Gasteiger partial charge on any atom is -0.478 e. The second-order valence-electron chi connectivity index (χ2n) is 5.67.